The molecule has 1 aromatic carbocycles. The molecule has 0 saturated carbocycles. The number of rotatable bonds is 3. The Morgan fingerprint density at radius 2 is 2.10 bits per heavy atom. The van der Waals surface area contributed by atoms with Crippen molar-refractivity contribution in [2.45, 2.75) is 13.3 Å². The Bertz CT molecular complexity index is 793. The van der Waals surface area contributed by atoms with E-state index in [-0.39, 0.29) is 0 Å². The standard InChI is InChI=1S/C15H13N3OS/c1-10-9-18-13(7-8-16)14(17-15(18)20-10)11-3-5-12(19-2)6-4-11/h3-6,9H,7H2,1-2H3. The summed E-state index contributed by atoms with van der Waals surface area (Å²) < 4.78 is 7.18. The lowest BCUT2D eigenvalue weighted by Crippen LogP contribution is -1.92. The lowest BCUT2D eigenvalue weighted by atomic mass is 10.1. The van der Waals surface area contributed by atoms with Crippen molar-refractivity contribution in [3.8, 4) is 23.1 Å². The summed E-state index contributed by atoms with van der Waals surface area (Å²) in [6, 6.07) is 9.98. The second-order valence-corrected chi connectivity index (χ2v) is 5.68. The maximum atomic E-state index is 9.05. The topological polar surface area (TPSA) is 50.3 Å². The molecule has 3 aromatic rings. The van der Waals surface area contributed by atoms with Crippen LogP contribution in [0.25, 0.3) is 16.2 Å². The fourth-order valence-corrected chi connectivity index (χ4v) is 3.07. The molecule has 0 N–H and O–H groups in total. The van der Waals surface area contributed by atoms with Gasteiger partial charge in [0.1, 0.15) is 5.75 Å². The summed E-state index contributed by atoms with van der Waals surface area (Å²) in [5, 5.41) is 9.05. The number of benzene rings is 1. The maximum absolute atomic E-state index is 9.05. The third-order valence-electron chi connectivity index (χ3n) is 3.15. The van der Waals surface area contributed by atoms with Gasteiger partial charge in [0.2, 0.25) is 0 Å². The van der Waals surface area contributed by atoms with Crippen LogP contribution in [0.5, 0.6) is 5.75 Å². The Morgan fingerprint density at radius 1 is 1.35 bits per heavy atom. The Labute approximate surface area is 120 Å². The van der Waals surface area contributed by atoms with Gasteiger partial charge in [-0.1, -0.05) is 0 Å². The van der Waals surface area contributed by atoms with E-state index in [2.05, 4.69) is 11.1 Å². The van der Waals surface area contributed by atoms with Crippen LogP contribution in [0.15, 0.2) is 30.5 Å². The van der Waals surface area contributed by atoms with E-state index < -0.39 is 0 Å². The van der Waals surface area contributed by atoms with Gasteiger partial charge in [-0.3, -0.25) is 4.40 Å². The summed E-state index contributed by atoms with van der Waals surface area (Å²) in [6.07, 6.45) is 2.38. The van der Waals surface area contributed by atoms with Gasteiger partial charge in [0.15, 0.2) is 4.96 Å². The zero-order valence-corrected chi connectivity index (χ0v) is 12.1. The van der Waals surface area contributed by atoms with Crippen molar-refractivity contribution in [3.63, 3.8) is 0 Å². The Kier molecular flexibility index (Phi) is 3.17. The summed E-state index contributed by atoms with van der Waals surface area (Å²) in [5.74, 6) is 0.812. The molecule has 4 nitrogen and oxygen atoms in total. The molecule has 2 heterocycles. The molecule has 0 aliphatic rings. The minimum absolute atomic E-state index is 0.346. The van der Waals surface area contributed by atoms with Crippen LogP contribution >= 0.6 is 11.3 Å². The molecule has 0 fully saturated rings. The number of aromatic nitrogens is 2. The molecule has 0 spiro atoms. The lowest BCUT2D eigenvalue weighted by molar-refractivity contribution is 0.415. The smallest absolute Gasteiger partial charge is 0.194 e. The zero-order chi connectivity index (χ0) is 14.1. The fourth-order valence-electron chi connectivity index (χ4n) is 2.22. The van der Waals surface area contributed by atoms with Crippen molar-refractivity contribution in [2.24, 2.45) is 0 Å². The quantitative estimate of drug-likeness (QED) is 0.739. The van der Waals surface area contributed by atoms with Crippen LogP contribution in [-0.4, -0.2) is 16.5 Å². The minimum atomic E-state index is 0.346. The van der Waals surface area contributed by atoms with Crippen molar-refractivity contribution in [1.82, 2.24) is 9.38 Å². The molecule has 0 atom stereocenters. The first-order valence-corrected chi connectivity index (χ1v) is 7.03. The highest BCUT2D eigenvalue weighted by Gasteiger charge is 2.15. The van der Waals surface area contributed by atoms with Gasteiger partial charge in [-0.25, -0.2) is 4.98 Å². The predicted molar refractivity (Wildman–Crippen MR) is 79.1 cm³/mol. The number of fused-ring (bicyclic) bond motifs is 1. The number of hydrogen-bond acceptors (Lipinski definition) is 4. The predicted octanol–water partition coefficient (Wildman–Crippen LogP) is 3.45. The molecule has 0 amide bonds. The summed E-state index contributed by atoms with van der Waals surface area (Å²) in [5.41, 5.74) is 2.82. The maximum Gasteiger partial charge on any atom is 0.194 e. The van der Waals surface area contributed by atoms with Gasteiger partial charge < -0.3 is 4.74 Å². The number of thiazole rings is 1. The summed E-state index contributed by atoms with van der Waals surface area (Å²) >= 11 is 1.63. The first kappa shape index (κ1) is 12.7. The van der Waals surface area contributed by atoms with Gasteiger partial charge in [-0.05, 0) is 31.2 Å². The molecule has 0 saturated heterocycles. The van der Waals surface area contributed by atoms with Crippen LogP contribution in [-0.2, 0) is 6.42 Å². The second kappa shape index (κ2) is 4.99. The monoisotopic (exact) mass is 283 g/mol. The van der Waals surface area contributed by atoms with Gasteiger partial charge in [0.25, 0.3) is 0 Å². The van der Waals surface area contributed by atoms with E-state index >= 15 is 0 Å². The molecule has 20 heavy (non-hydrogen) atoms. The number of hydrogen-bond donors (Lipinski definition) is 0. The van der Waals surface area contributed by atoms with E-state index in [0.717, 1.165) is 27.7 Å². The molecule has 100 valence electrons. The van der Waals surface area contributed by atoms with Crippen LogP contribution in [0.1, 0.15) is 10.6 Å². The highest BCUT2D eigenvalue weighted by atomic mass is 32.1. The molecule has 5 heteroatoms. The van der Waals surface area contributed by atoms with Crippen LogP contribution in [0.2, 0.25) is 0 Å². The van der Waals surface area contributed by atoms with Gasteiger partial charge in [0.05, 0.1) is 31.0 Å². The Morgan fingerprint density at radius 3 is 2.75 bits per heavy atom. The molecular formula is C15H13N3OS. The molecule has 0 aliphatic heterocycles. The number of methoxy groups -OCH3 is 1. The van der Waals surface area contributed by atoms with Crippen molar-refractivity contribution >= 4 is 16.3 Å². The van der Waals surface area contributed by atoms with E-state index in [1.165, 1.54) is 4.88 Å². The lowest BCUT2D eigenvalue weighted by Gasteiger charge is -2.03. The van der Waals surface area contributed by atoms with E-state index in [1.54, 1.807) is 18.4 Å². The second-order valence-electron chi connectivity index (χ2n) is 4.46. The largest absolute Gasteiger partial charge is 0.497 e. The molecular weight excluding hydrogens is 270 g/mol. The van der Waals surface area contributed by atoms with E-state index in [0.29, 0.717) is 6.42 Å². The highest BCUT2D eigenvalue weighted by molar-refractivity contribution is 7.17. The van der Waals surface area contributed by atoms with Crippen LogP contribution < -0.4 is 4.74 Å². The number of imidazole rings is 1. The van der Waals surface area contributed by atoms with E-state index in [1.807, 2.05) is 41.8 Å². The van der Waals surface area contributed by atoms with E-state index in [9.17, 15) is 0 Å². The summed E-state index contributed by atoms with van der Waals surface area (Å²) in [4.78, 5) is 6.78. The van der Waals surface area contributed by atoms with Gasteiger partial charge in [-0.2, -0.15) is 5.26 Å². The van der Waals surface area contributed by atoms with Gasteiger partial charge in [-0.15, -0.1) is 11.3 Å². The average molecular weight is 283 g/mol. The normalized spacial score (nSPS) is 10.7. The Hall–Kier alpha value is -2.32. The van der Waals surface area contributed by atoms with Crippen LogP contribution in [0.3, 0.4) is 0 Å². The summed E-state index contributed by atoms with van der Waals surface area (Å²) in [6.45, 7) is 2.04. The molecule has 0 aliphatic carbocycles. The van der Waals surface area contributed by atoms with Crippen molar-refractivity contribution in [1.29, 1.82) is 5.26 Å². The van der Waals surface area contributed by atoms with E-state index in [4.69, 9.17) is 10.00 Å². The first-order valence-electron chi connectivity index (χ1n) is 6.21. The molecule has 0 radical (unpaired) electrons. The highest BCUT2D eigenvalue weighted by Crippen LogP contribution is 2.29. The molecule has 0 bridgehead atoms. The third-order valence-corrected chi connectivity index (χ3v) is 4.05. The SMILES string of the molecule is COc1ccc(-c2nc3sc(C)cn3c2CC#N)cc1. The van der Waals surface area contributed by atoms with Crippen LogP contribution in [0, 0.1) is 18.3 Å². The number of nitrogens with zero attached hydrogens (tertiary/aromatic N) is 3. The van der Waals surface area contributed by atoms with Gasteiger partial charge >= 0.3 is 0 Å². The Balaban J connectivity index is 2.16. The van der Waals surface area contributed by atoms with Crippen molar-refractivity contribution in [2.75, 3.05) is 7.11 Å². The molecule has 2 aromatic heterocycles. The molecule has 0 unspecified atom stereocenters. The summed E-state index contributed by atoms with van der Waals surface area (Å²) in [7, 11) is 1.64. The van der Waals surface area contributed by atoms with Gasteiger partial charge in [0, 0.05) is 16.6 Å². The average Bonchev–Trinajstić information content (AvgIpc) is 2.97. The first-order chi connectivity index (χ1) is 9.72. The fraction of sp³-hybridized carbons (Fsp3) is 0.200. The third kappa shape index (κ3) is 2.04. The number of nitriles is 1. The van der Waals surface area contributed by atoms with Crippen LogP contribution in [0.4, 0.5) is 0 Å². The minimum Gasteiger partial charge on any atom is -0.497 e. The number of aryl methyl sites for hydroxylation is 1. The van der Waals surface area contributed by atoms with Crippen molar-refractivity contribution in [3.05, 3.63) is 41.0 Å². The van der Waals surface area contributed by atoms with Crippen molar-refractivity contribution < 1.29 is 4.74 Å². The number of ether oxygens (including phenoxy) is 1. The molecule has 3 rings (SSSR count). The zero-order valence-electron chi connectivity index (χ0n) is 11.3.